The number of hydrogen-bond donors (Lipinski definition) is 0. The Labute approximate surface area is 131 Å². The van der Waals surface area contributed by atoms with Gasteiger partial charge in [0.05, 0.1) is 19.3 Å². The van der Waals surface area contributed by atoms with Gasteiger partial charge in [-0.25, -0.2) is 0 Å². The van der Waals surface area contributed by atoms with Crippen LogP contribution in [0, 0.1) is 12.8 Å². The van der Waals surface area contributed by atoms with Crippen LogP contribution in [0.25, 0.3) is 0 Å². The number of carbonyl (C=O) groups excluding carboxylic acids is 1. The molecule has 5 heteroatoms. The van der Waals surface area contributed by atoms with E-state index in [1.165, 1.54) is 0 Å². The second kappa shape index (κ2) is 6.67. The summed E-state index contributed by atoms with van der Waals surface area (Å²) in [5.41, 5.74) is 1.05. The molecule has 1 aromatic carbocycles. The molecule has 0 aliphatic carbocycles. The Kier molecular flexibility index (Phi) is 4.64. The van der Waals surface area contributed by atoms with Gasteiger partial charge in [-0.1, -0.05) is 18.2 Å². The van der Waals surface area contributed by atoms with Crippen LogP contribution in [0.5, 0.6) is 5.75 Å². The normalized spacial score (nSPS) is 25.6. The molecule has 2 atom stereocenters. The van der Waals surface area contributed by atoms with Gasteiger partial charge in [-0.15, -0.1) is 0 Å². The zero-order valence-electron chi connectivity index (χ0n) is 13.3. The molecule has 0 aromatic heterocycles. The van der Waals surface area contributed by atoms with Gasteiger partial charge in [0.25, 0.3) is 5.91 Å². The van der Waals surface area contributed by atoms with E-state index in [4.69, 9.17) is 9.47 Å². The Morgan fingerprint density at radius 2 is 2.09 bits per heavy atom. The number of carbonyl (C=O) groups is 1. The molecular formula is C17H24N2O3. The lowest BCUT2D eigenvalue weighted by Crippen LogP contribution is -2.46. The summed E-state index contributed by atoms with van der Waals surface area (Å²) in [6.45, 7) is 6.02. The fourth-order valence-electron chi connectivity index (χ4n) is 3.20. The van der Waals surface area contributed by atoms with E-state index in [0.29, 0.717) is 12.5 Å². The van der Waals surface area contributed by atoms with Crippen LogP contribution in [0.1, 0.15) is 5.56 Å². The van der Waals surface area contributed by atoms with Crippen LogP contribution in [0.15, 0.2) is 24.3 Å². The Morgan fingerprint density at radius 3 is 2.91 bits per heavy atom. The molecule has 2 fully saturated rings. The first-order valence-corrected chi connectivity index (χ1v) is 7.87. The largest absolute Gasteiger partial charge is 0.484 e. The van der Waals surface area contributed by atoms with Crippen molar-refractivity contribution in [2.75, 3.05) is 46.5 Å². The third-order valence-corrected chi connectivity index (χ3v) is 4.54. The first-order valence-electron chi connectivity index (χ1n) is 7.87. The highest BCUT2D eigenvalue weighted by molar-refractivity contribution is 5.78. The minimum absolute atomic E-state index is 0.0652. The highest BCUT2D eigenvalue weighted by Gasteiger charge is 2.33. The van der Waals surface area contributed by atoms with Crippen LogP contribution >= 0.6 is 0 Å². The third-order valence-electron chi connectivity index (χ3n) is 4.54. The second-order valence-electron chi connectivity index (χ2n) is 6.35. The molecule has 120 valence electrons. The zero-order valence-corrected chi connectivity index (χ0v) is 13.3. The Hall–Kier alpha value is -1.59. The first-order chi connectivity index (χ1) is 10.6. The number of ether oxygens (including phenoxy) is 2. The van der Waals surface area contributed by atoms with Crippen LogP contribution in [0.3, 0.4) is 0 Å². The van der Waals surface area contributed by atoms with Crippen molar-refractivity contribution >= 4 is 5.91 Å². The molecule has 2 aliphatic rings. The summed E-state index contributed by atoms with van der Waals surface area (Å²) in [5.74, 6) is 1.24. The molecule has 2 bridgehead atoms. The predicted molar refractivity (Wildman–Crippen MR) is 84.0 cm³/mol. The third kappa shape index (κ3) is 3.42. The van der Waals surface area contributed by atoms with E-state index in [0.717, 1.165) is 37.6 Å². The van der Waals surface area contributed by atoms with Crippen LogP contribution in [-0.2, 0) is 9.53 Å². The quantitative estimate of drug-likeness (QED) is 0.840. The van der Waals surface area contributed by atoms with Gasteiger partial charge in [0, 0.05) is 25.6 Å². The summed E-state index contributed by atoms with van der Waals surface area (Å²) in [7, 11) is 2.12. The van der Waals surface area contributed by atoms with E-state index in [1.807, 2.05) is 36.1 Å². The van der Waals surface area contributed by atoms with Crippen molar-refractivity contribution in [3.05, 3.63) is 29.8 Å². The standard InChI is InChI=1S/C17H24N2O3/c1-13-5-3-4-6-16(13)22-12-17(20)19-8-14-7-18(2)15(9-19)11-21-10-14/h3-6,14-15H,7-12H2,1-2H3/t14-,15+/m1/s1. The number of nitrogens with zero attached hydrogens (tertiary/aromatic N) is 2. The van der Waals surface area contributed by atoms with Crippen LogP contribution in [-0.4, -0.2) is 68.3 Å². The smallest absolute Gasteiger partial charge is 0.260 e. The van der Waals surface area contributed by atoms with E-state index in [1.54, 1.807) is 0 Å². The number of fused-ring (bicyclic) bond motifs is 3. The molecule has 2 heterocycles. The number of benzene rings is 1. The van der Waals surface area contributed by atoms with Crippen LogP contribution in [0.4, 0.5) is 0 Å². The first kappa shape index (κ1) is 15.3. The van der Waals surface area contributed by atoms with Crippen molar-refractivity contribution in [2.45, 2.75) is 13.0 Å². The Morgan fingerprint density at radius 1 is 1.27 bits per heavy atom. The number of para-hydroxylation sites is 1. The Bertz CT molecular complexity index is 534. The lowest BCUT2D eigenvalue weighted by molar-refractivity contribution is -0.135. The molecule has 22 heavy (non-hydrogen) atoms. The van der Waals surface area contributed by atoms with Gasteiger partial charge in [0.15, 0.2) is 6.61 Å². The lowest BCUT2D eigenvalue weighted by atomic mass is 10.1. The molecule has 1 aromatic rings. The number of aryl methyl sites for hydroxylation is 1. The average molecular weight is 304 g/mol. The van der Waals surface area contributed by atoms with Gasteiger partial charge < -0.3 is 14.4 Å². The molecule has 2 saturated heterocycles. The van der Waals surface area contributed by atoms with Gasteiger partial charge in [0.2, 0.25) is 0 Å². The van der Waals surface area contributed by atoms with E-state index >= 15 is 0 Å². The summed E-state index contributed by atoms with van der Waals surface area (Å²) < 4.78 is 11.4. The molecule has 0 spiro atoms. The highest BCUT2D eigenvalue weighted by atomic mass is 16.5. The second-order valence-corrected chi connectivity index (χ2v) is 6.35. The lowest BCUT2D eigenvalue weighted by Gasteiger charge is -2.29. The number of hydrogen-bond acceptors (Lipinski definition) is 4. The van der Waals surface area contributed by atoms with Gasteiger partial charge in [0.1, 0.15) is 5.75 Å². The molecule has 0 radical (unpaired) electrons. The number of likely N-dealkylation sites (N-methyl/N-ethyl adjacent to an activating group) is 1. The van der Waals surface area contributed by atoms with Gasteiger partial charge in [-0.05, 0) is 25.6 Å². The Balaban J connectivity index is 1.61. The fourth-order valence-corrected chi connectivity index (χ4v) is 3.20. The maximum atomic E-state index is 12.5. The average Bonchev–Trinajstić information content (AvgIpc) is 2.74. The minimum Gasteiger partial charge on any atom is -0.484 e. The molecule has 5 nitrogen and oxygen atoms in total. The summed E-state index contributed by atoms with van der Waals surface area (Å²) in [4.78, 5) is 16.8. The summed E-state index contributed by atoms with van der Waals surface area (Å²) >= 11 is 0. The van der Waals surface area contributed by atoms with E-state index in [9.17, 15) is 4.79 Å². The van der Waals surface area contributed by atoms with E-state index in [-0.39, 0.29) is 18.6 Å². The van der Waals surface area contributed by atoms with Crippen molar-refractivity contribution in [1.29, 1.82) is 0 Å². The number of rotatable bonds is 3. The maximum absolute atomic E-state index is 12.5. The van der Waals surface area contributed by atoms with E-state index in [2.05, 4.69) is 11.9 Å². The van der Waals surface area contributed by atoms with Gasteiger partial charge >= 0.3 is 0 Å². The van der Waals surface area contributed by atoms with Crippen molar-refractivity contribution in [3.63, 3.8) is 0 Å². The SMILES string of the molecule is Cc1ccccc1OCC(=O)N1C[C@@H]2COC[C@H](C1)N(C)C2. The van der Waals surface area contributed by atoms with Gasteiger partial charge in [-0.3, -0.25) is 9.69 Å². The summed E-state index contributed by atoms with van der Waals surface area (Å²) in [6.07, 6.45) is 0. The minimum atomic E-state index is 0.0652. The molecular weight excluding hydrogens is 280 g/mol. The topological polar surface area (TPSA) is 42.0 Å². The monoisotopic (exact) mass is 304 g/mol. The number of amides is 1. The predicted octanol–water partition coefficient (Wildman–Crippen LogP) is 1.16. The summed E-state index contributed by atoms with van der Waals surface area (Å²) in [5, 5.41) is 0. The molecule has 2 aliphatic heterocycles. The maximum Gasteiger partial charge on any atom is 0.260 e. The molecule has 0 N–H and O–H groups in total. The summed E-state index contributed by atoms with van der Waals surface area (Å²) in [6, 6.07) is 8.07. The fraction of sp³-hybridized carbons (Fsp3) is 0.588. The van der Waals surface area contributed by atoms with Crippen molar-refractivity contribution in [2.24, 2.45) is 5.92 Å². The molecule has 3 rings (SSSR count). The van der Waals surface area contributed by atoms with Crippen molar-refractivity contribution < 1.29 is 14.3 Å². The highest BCUT2D eigenvalue weighted by Crippen LogP contribution is 2.19. The molecule has 0 saturated carbocycles. The molecule has 0 unspecified atom stereocenters. The van der Waals surface area contributed by atoms with Crippen LogP contribution in [0.2, 0.25) is 0 Å². The van der Waals surface area contributed by atoms with E-state index < -0.39 is 0 Å². The van der Waals surface area contributed by atoms with Crippen molar-refractivity contribution in [1.82, 2.24) is 9.80 Å². The van der Waals surface area contributed by atoms with Crippen LogP contribution < -0.4 is 4.74 Å². The van der Waals surface area contributed by atoms with Crippen molar-refractivity contribution in [3.8, 4) is 5.75 Å². The molecule has 1 amide bonds. The zero-order chi connectivity index (χ0) is 15.5. The van der Waals surface area contributed by atoms with Gasteiger partial charge in [-0.2, -0.15) is 0 Å².